The van der Waals surface area contributed by atoms with Crippen LogP contribution >= 0.6 is 0 Å². The highest BCUT2D eigenvalue weighted by atomic mass is 15.1. The van der Waals surface area contributed by atoms with Crippen molar-refractivity contribution in [2.24, 2.45) is 0 Å². The molecule has 0 spiro atoms. The van der Waals surface area contributed by atoms with Crippen molar-refractivity contribution in [2.45, 2.75) is 13.8 Å². The summed E-state index contributed by atoms with van der Waals surface area (Å²) in [5.41, 5.74) is 1.18. The van der Waals surface area contributed by atoms with Gasteiger partial charge in [-0.3, -0.25) is 0 Å². The number of likely N-dealkylation sites (N-methyl/N-ethyl adjacent to an activating group) is 1. The molecule has 13 heavy (non-hydrogen) atoms. The standard InChI is InChI=1S/C12H19N/c1-5-9-12(10-6-2)13(8-4)11-7-3/h5-7,9-10H,1,3,8,11H2,2,4H3/b10-6-,12-9+. The second-order valence-corrected chi connectivity index (χ2v) is 2.65. The van der Waals surface area contributed by atoms with Gasteiger partial charge in [0.25, 0.3) is 0 Å². The molecule has 0 radical (unpaired) electrons. The maximum atomic E-state index is 3.73. The summed E-state index contributed by atoms with van der Waals surface area (Å²) in [6.45, 7) is 13.4. The van der Waals surface area contributed by atoms with Crippen LogP contribution < -0.4 is 0 Å². The summed E-state index contributed by atoms with van der Waals surface area (Å²) in [6.07, 6.45) is 9.83. The molecule has 0 aliphatic carbocycles. The molecular formula is C12H19N. The first-order valence-corrected chi connectivity index (χ1v) is 4.61. The van der Waals surface area contributed by atoms with Gasteiger partial charge in [-0.15, -0.1) is 6.58 Å². The van der Waals surface area contributed by atoms with Crippen LogP contribution in [-0.4, -0.2) is 18.0 Å². The van der Waals surface area contributed by atoms with Gasteiger partial charge in [-0.05, 0) is 26.0 Å². The van der Waals surface area contributed by atoms with Gasteiger partial charge in [-0.25, -0.2) is 0 Å². The van der Waals surface area contributed by atoms with Crippen LogP contribution in [0.2, 0.25) is 0 Å². The Balaban J connectivity index is 4.56. The van der Waals surface area contributed by atoms with Gasteiger partial charge < -0.3 is 4.90 Å². The predicted molar refractivity (Wildman–Crippen MR) is 60.5 cm³/mol. The fourth-order valence-corrected chi connectivity index (χ4v) is 1.13. The fraction of sp³-hybridized carbons (Fsp3) is 0.333. The Morgan fingerprint density at radius 1 is 1.38 bits per heavy atom. The summed E-state index contributed by atoms with van der Waals surface area (Å²) in [7, 11) is 0. The fourth-order valence-electron chi connectivity index (χ4n) is 1.13. The molecule has 0 aromatic rings. The van der Waals surface area contributed by atoms with Crippen LogP contribution in [0, 0.1) is 0 Å². The maximum Gasteiger partial charge on any atom is 0.0365 e. The normalized spacial score (nSPS) is 11.7. The Morgan fingerprint density at radius 3 is 2.46 bits per heavy atom. The Labute approximate surface area is 81.8 Å². The van der Waals surface area contributed by atoms with Gasteiger partial charge in [0.05, 0.1) is 0 Å². The second-order valence-electron chi connectivity index (χ2n) is 2.65. The average Bonchev–Trinajstić information content (AvgIpc) is 2.14. The van der Waals surface area contributed by atoms with Gasteiger partial charge in [0.2, 0.25) is 0 Å². The summed E-state index contributed by atoms with van der Waals surface area (Å²) < 4.78 is 0. The third-order valence-corrected chi connectivity index (χ3v) is 1.72. The summed E-state index contributed by atoms with van der Waals surface area (Å²) in [6, 6.07) is 0. The number of hydrogen-bond acceptors (Lipinski definition) is 1. The highest BCUT2D eigenvalue weighted by Gasteiger charge is 1.99. The predicted octanol–water partition coefficient (Wildman–Crippen LogP) is 3.14. The zero-order chi connectivity index (χ0) is 10.1. The molecule has 0 aromatic heterocycles. The second kappa shape index (κ2) is 7.41. The van der Waals surface area contributed by atoms with Crippen molar-refractivity contribution in [3.05, 3.63) is 49.2 Å². The Hall–Kier alpha value is -1.24. The van der Waals surface area contributed by atoms with Gasteiger partial charge in [-0.2, -0.15) is 0 Å². The maximum absolute atomic E-state index is 3.73. The van der Waals surface area contributed by atoms with Gasteiger partial charge >= 0.3 is 0 Å². The van der Waals surface area contributed by atoms with Crippen molar-refractivity contribution in [3.8, 4) is 0 Å². The van der Waals surface area contributed by atoms with Crippen LogP contribution in [0.5, 0.6) is 0 Å². The van der Waals surface area contributed by atoms with Crippen molar-refractivity contribution in [1.29, 1.82) is 0 Å². The molecule has 1 heteroatoms. The van der Waals surface area contributed by atoms with E-state index in [1.807, 2.05) is 25.2 Å². The summed E-state index contributed by atoms with van der Waals surface area (Å²) in [5, 5.41) is 0. The molecular weight excluding hydrogens is 158 g/mol. The summed E-state index contributed by atoms with van der Waals surface area (Å²) in [5.74, 6) is 0. The Bertz CT molecular complexity index is 211. The van der Waals surface area contributed by atoms with Crippen molar-refractivity contribution >= 4 is 0 Å². The van der Waals surface area contributed by atoms with E-state index < -0.39 is 0 Å². The van der Waals surface area contributed by atoms with E-state index in [1.54, 1.807) is 6.08 Å². The van der Waals surface area contributed by atoms with E-state index in [0.717, 1.165) is 13.1 Å². The topological polar surface area (TPSA) is 3.24 Å². The lowest BCUT2D eigenvalue weighted by molar-refractivity contribution is 0.414. The molecule has 0 aliphatic heterocycles. The van der Waals surface area contributed by atoms with Gasteiger partial charge in [0.15, 0.2) is 0 Å². The minimum absolute atomic E-state index is 0.876. The largest absolute Gasteiger partial charge is 0.368 e. The first-order valence-electron chi connectivity index (χ1n) is 4.61. The van der Waals surface area contributed by atoms with Gasteiger partial charge in [0.1, 0.15) is 0 Å². The average molecular weight is 177 g/mol. The van der Waals surface area contributed by atoms with Crippen LogP contribution in [-0.2, 0) is 0 Å². The Kier molecular flexibility index (Phi) is 6.70. The van der Waals surface area contributed by atoms with Gasteiger partial charge in [-0.1, -0.05) is 24.8 Å². The monoisotopic (exact) mass is 177 g/mol. The Morgan fingerprint density at radius 2 is 2.08 bits per heavy atom. The van der Waals surface area contributed by atoms with Crippen LogP contribution in [0.15, 0.2) is 49.2 Å². The molecule has 0 aromatic carbocycles. The molecule has 0 unspecified atom stereocenters. The molecule has 0 rings (SSSR count). The molecule has 0 bridgehead atoms. The molecule has 72 valence electrons. The van der Waals surface area contributed by atoms with Crippen molar-refractivity contribution in [2.75, 3.05) is 13.1 Å². The number of hydrogen-bond donors (Lipinski definition) is 0. The minimum Gasteiger partial charge on any atom is -0.368 e. The van der Waals surface area contributed by atoms with E-state index in [4.69, 9.17) is 0 Å². The quantitative estimate of drug-likeness (QED) is 0.445. The summed E-state index contributed by atoms with van der Waals surface area (Å²) >= 11 is 0. The third kappa shape index (κ3) is 4.36. The van der Waals surface area contributed by atoms with Crippen LogP contribution in [0.1, 0.15) is 13.8 Å². The van der Waals surface area contributed by atoms with E-state index >= 15 is 0 Å². The molecule has 0 atom stereocenters. The van der Waals surface area contributed by atoms with E-state index in [9.17, 15) is 0 Å². The number of nitrogens with zero attached hydrogens (tertiary/aromatic N) is 1. The van der Waals surface area contributed by atoms with E-state index in [1.165, 1.54) is 5.70 Å². The van der Waals surface area contributed by atoms with Crippen LogP contribution in [0.4, 0.5) is 0 Å². The zero-order valence-corrected chi connectivity index (χ0v) is 8.66. The highest BCUT2D eigenvalue weighted by molar-refractivity contribution is 5.22. The SMILES string of the molecule is C=C/C=C(\C=C/C)N(CC)CC=C. The lowest BCUT2D eigenvalue weighted by Crippen LogP contribution is -2.21. The molecule has 0 N–H and O–H groups in total. The molecule has 0 heterocycles. The summed E-state index contributed by atoms with van der Waals surface area (Å²) in [4.78, 5) is 2.23. The van der Waals surface area contributed by atoms with Crippen LogP contribution in [0.3, 0.4) is 0 Å². The number of rotatable bonds is 6. The lowest BCUT2D eigenvalue weighted by Gasteiger charge is -2.22. The third-order valence-electron chi connectivity index (χ3n) is 1.72. The van der Waals surface area contributed by atoms with Crippen molar-refractivity contribution in [1.82, 2.24) is 4.90 Å². The molecule has 0 aliphatic rings. The molecule has 0 fully saturated rings. The van der Waals surface area contributed by atoms with Crippen molar-refractivity contribution in [3.63, 3.8) is 0 Å². The van der Waals surface area contributed by atoms with E-state index in [0.29, 0.717) is 0 Å². The first-order chi connectivity index (χ1) is 6.29. The van der Waals surface area contributed by atoms with Gasteiger partial charge in [0, 0.05) is 18.8 Å². The van der Waals surface area contributed by atoms with E-state index in [2.05, 4.69) is 31.1 Å². The molecule has 0 amide bonds. The van der Waals surface area contributed by atoms with Crippen molar-refractivity contribution < 1.29 is 0 Å². The smallest absolute Gasteiger partial charge is 0.0365 e. The van der Waals surface area contributed by atoms with Crippen LogP contribution in [0.25, 0.3) is 0 Å². The zero-order valence-electron chi connectivity index (χ0n) is 8.66. The first kappa shape index (κ1) is 11.8. The number of allylic oxidation sites excluding steroid dienone is 4. The molecule has 0 saturated carbocycles. The van der Waals surface area contributed by atoms with E-state index in [-0.39, 0.29) is 0 Å². The minimum atomic E-state index is 0.876. The highest BCUT2D eigenvalue weighted by Crippen LogP contribution is 2.06. The molecule has 1 nitrogen and oxygen atoms in total. The molecule has 0 saturated heterocycles. The lowest BCUT2D eigenvalue weighted by atomic mass is 10.3.